The molecule has 1 aromatic carbocycles. The number of nitrogens with one attached hydrogen (secondary N) is 2. The van der Waals surface area contributed by atoms with Crippen LogP contribution in [0.4, 0.5) is 0 Å². The largest absolute Gasteiger partial charge is 0.355 e. The Balaban J connectivity index is 1.74. The Bertz CT molecular complexity index is 577. The maximum Gasteiger partial charge on any atom is 0.237 e. The van der Waals surface area contributed by atoms with E-state index in [4.69, 9.17) is 0 Å². The molecule has 2 heterocycles. The molecule has 20 heavy (non-hydrogen) atoms. The van der Waals surface area contributed by atoms with Crippen LogP contribution < -0.4 is 10.6 Å². The lowest BCUT2D eigenvalue weighted by Gasteiger charge is -2.19. The van der Waals surface area contributed by atoms with E-state index in [1.54, 1.807) is 11.3 Å². The number of thiazole rings is 1. The fourth-order valence-corrected chi connectivity index (χ4v) is 3.53. The highest BCUT2D eigenvalue weighted by atomic mass is 32.1. The van der Waals surface area contributed by atoms with Gasteiger partial charge < -0.3 is 5.32 Å². The highest BCUT2D eigenvalue weighted by Gasteiger charge is 2.23. The summed E-state index contributed by atoms with van der Waals surface area (Å²) in [4.78, 5) is 16.6. The molecular formula is C15H19N3OS. The summed E-state index contributed by atoms with van der Waals surface area (Å²) in [6.07, 6.45) is 3.06. The minimum Gasteiger partial charge on any atom is -0.355 e. The summed E-state index contributed by atoms with van der Waals surface area (Å²) >= 11 is 1.70. The van der Waals surface area contributed by atoms with Gasteiger partial charge >= 0.3 is 0 Å². The fourth-order valence-electron chi connectivity index (χ4n) is 2.55. The quantitative estimate of drug-likeness (QED) is 0.913. The first-order valence-corrected chi connectivity index (χ1v) is 7.95. The van der Waals surface area contributed by atoms with Crippen LogP contribution >= 0.6 is 11.3 Å². The lowest BCUT2D eigenvalue weighted by Crippen LogP contribution is -2.43. The third-order valence-electron chi connectivity index (χ3n) is 3.67. The number of para-hydroxylation sites is 1. The summed E-state index contributed by atoms with van der Waals surface area (Å²) in [6, 6.07) is 8.15. The van der Waals surface area contributed by atoms with E-state index in [2.05, 4.69) is 28.6 Å². The molecule has 106 valence electrons. The average Bonchev–Trinajstić information content (AvgIpc) is 2.79. The monoisotopic (exact) mass is 289 g/mol. The van der Waals surface area contributed by atoms with E-state index < -0.39 is 0 Å². The van der Waals surface area contributed by atoms with Crippen LogP contribution in [-0.2, 0) is 4.79 Å². The third kappa shape index (κ3) is 2.83. The number of aromatic nitrogens is 1. The van der Waals surface area contributed by atoms with E-state index in [1.165, 1.54) is 4.70 Å². The summed E-state index contributed by atoms with van der Waals surface area (Å²) < 4.78 is 1.20. The smallest absolute Gasteiger partial charge is 0.237 e. The number of carbonyl (C=O) groups excluding carboxylic acids is 1. The van der Waals surface area contributed by atoms with Gasteiger partial charge in [-0.25, -0.2) is 4.98 Å². The lowest BCUT2D eigenvalue weighted by molar-refractivity contribution is -0.123. The Kier molecular flexibility index (Phi) is 3.98. The summed E-state index contributed by atoms with van der Waals surface area (Å²) in [5.41, 5.74) is 1.03. The van der Waals surface area contributed by atoms with Crippen molar-refractivity contribution in [3.8, 4) is 0 Å². The van der Waals surface area contributed by atoms with Gasteiger partial charge in [0, 0.05) is 6.54 Å². The number of fused-ring (bicyclic) bond motifs is 1. The second kappa shape index (κ2) is 5.89. The molecule has 0 aliphatic carbocycles. The fraction of sp³-hybridized carbons (Fsp3) is 0.467. The molecule has 1 aliphatic rings. The number of amides is 1. The van der Waals surface area contributed by atoms with Crippen LogP contribution in [-0.4, -0.2) is 23.5 Å². The predicted molar refractivity (Wildman–Crippen MR) is 81.8 cm³/mol. The Morgan fingerprint density at radius 1 is 1.40 bits per heavy atom. The Morgan fingerprint density at radius 2 is 2.25 bits per heavy atom. The number of benzene rings is 1. The van der Waals surface area contributed by atoms with E-state index in [0.29, 0.717) is 0 Å². The van der Waals surface area contributed by atoms with Crippen molar-refractivity contribution in [3.05, 3.63) is 29.3 Å². The molecule has 1 amide bonds. The van der Waals surface area contributed by atoms with Crippen LogP contribution in [0.3, 0.4) is 0 Å². The SMILES string of the molecule is CC(NC1CCCCNC1=O)c1nc2ccccc2s1. The normalized spacial score (nSPS) is 21.4. The Morgan fingerprint density at radius 3 is 3.10 bits per heavy atom. The second-order valence-electron chi connectivity index (χ2n) is 5.25. The van der Waals surface area contributed by atoms with E-state index >= 15 is 0 Å². The average molecular weight is 289 g/mol. The zero-order chi connectivity index (χ0) is 13.9. The van der Waals surface area contributed by atoms with Gasteiger partial charge in [-0.15, -0.1) is 11.3 Å². The number of hydrogen-bond acceptors (Lipinski definition) is 4. The maximum atomic E-state index is 12.0. The van der Waals surface area contributed by atoms with Crippen LogP contribution in [0.2, 0.25) is 0 Å². The van der Waals surface area contributed by atoms with Crippen molar-refractivity contribution in [1.29, 1.82) is 0 Å². The molecule has 4 nitrogen and oxygen atoms in total. The first-order valence-electron chi connectivity index (χ1n) is 7.13. The first-order chi connectivity index (χ1) is 9.74. The van der Waals surface area contributed by atoms with Gasteiger partial charge in [0.15, 0.2) is 0 Å². The molecule has 2 N–H and O–H groups in total. The molecule has 1 aliphatic heterocycles. The minimum atomic E-state index is -0.0977. The molecule has 2 atom stereocenters. The van der Waals surface area contributed by atoms with Gasteiger partial charge in [-0.05, 0) is 38.3 Å². The molecule has 1 fully saturated rings. The molecule has 2 aromatic rings. The molecular weight excluding hydrogens is 270 g/mol. The topological polar surface area (TPSA) is 54.0 Å². The van der Waals surface area contributed by atoms with Gasteiger partial charge in [-0.1, -0.05) is 12.1 Å². The van der Waals surface area contributed by atoms with E-state index in [1.807, 2.05) is 18.2 Å². The molecule has 2 unspecified atom stereocenters. The van der Waals surface area contributed by atoms with Gasteiger partial charge in [-0.3, -0.25) is 10.1 Å². The highest BCUT2D eigenvalue weighted by molar-refractivity contribution is 7.18. The van der Waals surface area contributed by atoms with Gasteiger partial charge in [0.1, 0.15) is 5.01 Å². The molecule has 1 aromatic heterocycles. The van der Waals surface area contributed by atoms with Gasteiger partial charge in [0.2, 0.25) is 5.91 Å². The first kappa shape index (κ1) is 13.5. The Labute approximate surface area is 122 Å². The van der Waals surface area contributed by atoms with Crippen LogP contribution in [0.25, 0.3) is 10.2 Å². The maximum absolute atomic E-state index is 12.0. The van der Waals surface area contributed by atoms with E-state index in [-0.39, 0.29) is 18.0 Å². The van der Waals surface area contributed by atoms with Crippen LogP contribution in [0.5, 0.6) is 0 Å². The summed E-state index contributed by atoms with van der Waals surface area (Å²) in [5.74, 6) is 0.121. The number of nitrogens with zero attached hydrogens (tertiary/aromatic N) is 1. The van der Waals surface area contributed by atoms with Gasteiger partial charge in [0.25, 0.3) is 0 Å². The van der Waals surface area contributed by atoms with Crippen molar-refractivity contribution in [2.75, 3.05) is 6.54 Å². The number of rotatable bonds is 3. The van der Waals surface area contributed by atoms with Crippen molar-refractivity contribution in [1.82, 2.24) is 15.6 Å². The number of hydrogen-bond donors (Lipinski definition) is 2. The molecule has 0 bridgehead atoms. The molecule has 0 spiro atoms. The van der Waals surface area contributed by atoms with E-state index in [9.17, 15) is 4.79 Å². The molecule has 1 saturated heterocycles. The van der Waals surface area contributed by atoms with Crippen molar-refractivity contribution in [2.45, 2.75) is 38.3 Å². The lowest BCUT2D eigenvalue weighted by atomic mass is 10.1. The highest BCUT2D eigenvalue weighted by Crippen LogP contribution is 2.26. The van der Waals surface area contributed by atoms with Crippen molar-refractivity contribution < 1.29 is 4.79 Å². The van der Waals surface area contributed by atoms with Gasteiger partial charge in [0.05, 0.1) is 22.3 Å². The predicted octanol–water partition coefficient (Wildman–Crippen LogP) is 2.62. The third-order valence-corrected chi connectivity index (χ3v) is 4.89. The van der Waals surface area contributed by atoms with Crippen LogP contribution in [0.15, 0.2) is 24.3 Å². The van der Waals surface area contributed by atoms with Crippen LogP contribution in [0.1, 0.15) is 37.2 Å². The summed E-state index contributed by atoms with van der Waals surface area (Å²) in [5, 5.41) is 7.43. The zero-order valence-electron chi connectivity index (χ0n) is 11.6. The second-order valence-corrected chi connectivity index (χ2v) is 6.31. The minimum absolute atomic E-state index is 0.0977. The van der Waals surface area contributed by atoms with Crippen molar-refractivity contribution >= 4 is 27.5 Å². The standard InChI is InChI=1S/C15H19N3OS/c1-10(17-12-7-4-5-9-16-14(12)19)15-18-11-6-2-3-8-13(11)20-15/h2-3,6,8,10,12,17H,4-5,7,9H2,1H3,(H,16,19). The molecule has 0 saturated carbocycles. The molecule has 5 heteroatoms. The van der Waals surface area contributed by atoms with Crippen molar-refractivity contribution in [2.24, 2.45) is 0 Å². The van der Waals surface area contributed by atoms with Crippen molar-refractivity contribution in [3.63, 3.8) is 0 Å². The van der Waals surface area contributed by atoms with Gasteiger partial charge in [-0.2, -0.15) is 0 Å². The number of carbonyl (C=O) groups is 1. The summed E-state index contributed by atoms with van der Waals surface area (Å²) in [7, 11) is 0. The Hall–Kier alpha value is -1.46. The zero-order valence-corrected chi connectivity index (χ0v) is 12.4. The molecule has 3 rings (SSSR count). The van der Waals surface area contributed by atoms with Crippen LogP contribution in [0, 0.1) is 0 Å². The molecule has 0 radical (unpaired) electrons. The summed E-state index contributed by atoms with van der Waals surface area (Å²) in [6.45, 7) is 2.88. The van der Waals surface area contributed by atoms with E-state index in [0.717, 1.165) is 36.3 Å².